The predicted molar refractivity (Wildman–Crippen MR) is 161 cm³/mol. The van der Waals surface area contributed by atoms with Crippen LogP contribution in [-0.2, 0) is 26.2 Å². The van der Waals surface area contributed by atoms with Gasteiger partial charge in [-0.05, 0) is 66.9 Å². The first-order valence-electron chi connectivity index (χ1n) is 12.9. The third kappa shape index (κ3) is 8.13. The summed E-state index contributed by atoms with van der Waals surface area (Å²) in [6.45, 7) is 3.79. The van der Waals surface area contributed by atoms with Gasteiger partial charge in [0.25, 0.3) is 10.0 Å². The number of nitrogens with one attached hydrogen (secondary N) is 1. The van der Waals surface area contributed by atoms with E-state index in [-0.39, 0.29) is 17.3 Å². The molecule has 2 amide bonds. The summed E-state index contributed by atoms with van der Waals surface area (Å²) in [7, 11) is -4.17. The fourth-order valence-electron chi connectivity index (χ4n) is 4.12. The summed E-state index contributed by atoms with van der Waals surface area (Å²) in [5.41, 5.74) is 0.954. The molecule has 3 aromatic rings. The Bertz CT molecular complexity index is 1400. The summed E-state index contributed by atoms with van der Waals surface area (Å²) < 4.78 is 28.6. The number of unbranched alkanes of at least 4 members (excludes halogenated alkanes) is 1. The van der Waals surface area contributed by atoms with Crippen LogP contribution in [0.25, 0.3) is 0 Å². The molecule has 3 rings (SSSR count). The van der Waals surface area contributed by atoms with E-state index < -0.39 is 28.5 Å². The SMILES string of the molecule is CCCCNC(=O)[C@H](CC)N(Cc1ccc(Cl)c(Cl)c1)C(=O)CN(c1ccccc1)S(=O)(=O)c1ccc(Cl)cc1. The Labute approximate surface area is 251 Å². The van der Waals surface area contributed by atoms with Crippen molar-refractivity contribution in [1.29, 1.82) is 0 Å². The van der Waals surface area contributed by atoms with Gasteiger partial charge in [-0.25, -0.2) is 8.42 Å². The molecule has 40 heavy (non-hydrogen) atoms. The van der Waals surface area contributed by atoms with Crippen molar-refractivity contribution < 1.29 is 18.0 Å². The monoisotopic (exact) mass is 623 g/mol. The highest BCUT2D eigenvalue weighted by Gasteiger charge is 2.33. The number of benzene rings is 3. The molecular weight excluding hydrogens is 593 g/mol. The molecule has 0 heterocycles. The van der Waals surface area contributed by atoms with Crippen molar-refractivity contribution in [3.8, 4) is 0 Å². The van der Waals surface area contributed by atoms with E-state index in [1.54, 1.807) is 55.5 Å². The lowest BCUT2D eigenvalue weighted by Gasteiger charge is -2.33. The molecule has 0 spiro atoms. The van der Waals surface area contributed by atoms with Crippen LogP contribution >= 0.6 is 34.8 Å². The van der Waals surface area contributed by atoms with E-state index >= 15 is 0 Å². The van der Waals surface area contributed by atoms with Crippen molar-refractivity contribution in [3.63, 3.8) is 0 Å². The quantitative estimate of drug-likeness (QED) is 0.218. The van der Waals surface area contributed by atoms with Crippen molar-refractivity contribution in [2.75, 3.05) is 17.4 Å². The number of halogens is 3. The van der Waals surface area contributed by atoms with E-state index in [0.717, 1.165) is 17.1 Å². The second-order valence-electron chi connectivity index (χ2n) is 9.14. The highest BCUT2D eigenvalue weighted by Crippen LogP contribution is 2.27. The molecule has 0 aliphatic carbocycles. The minimum Gasteiger partial charge on any atom is -0.354 e. The molecule has 0 radical (unpaired) electrons. The second kappa shape index (κ2) is 14.7. The smallest absolute Gasteiger partial charge is 0.264 e. The van der Waals surface area contributed by atoms with Gasteiger partial charge in [-0.15, -0.1) is 0 Å². The molecule has 0 saturated carbocycles. The molecule has 0 aromatic heterocycles. The number of hydrogen-bond donors (Lipinski definition) is 1. The van der Waals surface area contributed by atoms with Crippen molar-refractivity contribution in [3.05, 3.63) is 93.4 Å². The van der Waals surface area contributed by atoms with Crippen LogP contribution in [0.4, 0.5) is 5.69 Å². The number of amides is 2. The zero-order valence-electron chi connectivity index (χ0n) is 22.3. The molecule has 0 saturated heterocycles. The number of sulfonamides is 1. The van der Waals surface area contributed by atoms with Crippen molar-refractivity contribution in [2.45, 2.75) is 50.6 Å². The van der Waals surface area contributed by atoms with Gasteiger partial charge in [-0.1, -0.05) is 79.3 Å². The van der Waals surface area contributed by atoms with Gasteiger partial charge in [-0.3, -0.25) is 13.9 Å². The third-order valence-corrected chi connectivity index (χ3v) is 9.06. The van der Waals surface area contributed by atoms with Crippen LogP contribution in [0.5, 0.6) is 0 Å². The molecule has 3 aromatic carbocycles. The maximum atomic E-state index is 14.0. The lowest BCUT2D eigenvalue weighted by atomic mass is 10.1. The van der Waals surface area contributed by atoms with Gasteiger partial charge in [0.1, 0.15) is 12.6 Å². The standard InChI is InChI=1S/C29H32Cl3N3O4S/c1-3-5-17-33-29(37)27(4-2)34(19-21-11-16-25(31)26(32)18-21)28(36)20-35(23-9-7-6-8-10-23)40(38,39)24-14-12-22(30)13-15-24/h6-16,18,27H,3-5,17,19-20H2,1-2H3,(H,33,37)/t27-/m0/s1. The van der Waals surface area contributed by atoms with E-state index in [9.17, 15) is 18.0 Å². The van der Waals surface area contributed by atoms with Gasteiger partial charge in [-0.2, -0.15) is 0 Å². The molecule has 1 atom stereocenters. The minimum absolute atomic E-state index is 0.0195. The van der Waals surface area contributed by atoms with E-state index in [1.165, 1.54) is 29.2 Å². The fraction of sp³-hybridized carbons (Fsp3) is 0.310. The zero-order chi connectivity index (χ0) is 29.3. The molecule has 1 N–H and O–H groups in total. The number of nitrogens with zero attached hydrogens (tertiary/aromatic N) is 2. The van der Waals surface area contributed by atoms with Crippen molar-refractivity contribution >= 4 is 62.3 Å². The van der Waals surface area contributed by atoms with Gasteiger partial charge in [0.05, 0.1) is 20.6 Å². The summed E-state index contributed by atoms with van der Waals surface area (Å²) in [6.07, 6.45) is 2.02. The van der Waals surface area contributed by atoms with Crippen molar-refractivity contribution in [1.82, 2.24) is 10.2 Å². The number of rotatable bonds is 13. The lowest BCUT2D eigenvalue weighted by molar-refractivity contribution is -0.140. The second-order valence-corrected chi connectivity index (χ2v) is 12.3. The Morgan fingerprint density at radius 2 is 1.57 bits per heavy atom. The molecule has 0 aliphatic heterocycles. The molecule has 214 valence electrons. The zero-order valence-corrected chi connectivity index (χ0v) is 25.4. The Morgan fingerprint density at radius 1 is 0.900 bits per heavy atom. The number of para-hydroxylation sites is 1. The van der Waals surface area contributed by atoms with Crippen LogP contribution in [0.1, 0.15) is 38.7 Å². The molecule has 11 heteroatoms. The van der Waals surface area contributed by atoms with Crippen LogP contribution in [0, 0.1) is 0 Å². The average Bonchev–Trinajstić information content (AvgIpc) is 2.94. The van der Waals surface area contributed by atoms with E-state index in [2.05, 4.69) is 5.32 Å². The summed E-state index contributed by atoms with van der Waals surface area (Å²) in [5.74, 6) is -0.860. The summed E-state index contributed by atoms with van der Waals surface area (Å²) in [6, 6.07) is 18.2. The molecule has 0 aliphatic rings. The lowest BCUT2D eigenvalue weighted by Crippen LogP contribution is -2.52. The molecule has 7 nitrogen and oxygen atoms in total. The first-order chi connectivity index (χ1) is 19.1. The molecule has 0 fully saturated rings. The van der Waals surface area contributed by atoms with E-state index in [1.807, 2.05) is 6.92 Å². The Hall–Kier alpha value is -2.78. The Morgan fingerprint density at radius 3 is 2.17 bits per heavy atom. The molecular formula is C29H32Cl3N3O4S. The molecule has 0 unspecified atom stereocenters. The first kappa shape index (κ1) is 31.7. The van der Waals surface area contributed by atoms with Crippen LogP contribution in [0.15, 0.2) is 77.7 Å². The van der Waals surface area contributed by atoms with Crippen LogP contribution in [0.2, 0.25) is 15.1 Å². The maximum Gasteiger partial charge on any atom is 0.264 e. The van der Waals surface area contributed by atoms with E-state index in [4.69, 9.17) is 34.8 Å². The molecule has 0 bridgehead atoms. The number of carbonyl (C=O) groups excluding carboxylic acids is 2. The average molecular weight is 625 g/mol. The van der Waals surface area contributed by atoms with Gasteiger partial charge >= 0.3 is 0 Å². The normalized spacial score (nSPS) is 12.0. The number of carbonyl (C=O) groups is 2. The van der Waals surface area contributed by atoms with Gasteiger partial charge in [0.15, 0.2) is 0 Å². The van der Waals surface area contributed by atoms with Gasteiger partial charge in [0.2, 0.25) is 11.8 Å². The van der Waals surface area contributed by atoms with Crippen LogP contribution in [0.3, 0.4) is 0 Å². The number of hydrogen-bond acceptors (Lipinski definition) is 4. The first-order valence-corrected chi connectivity index (χ1v) is 15.5. The topological polar surface area (TPSA) is 86.8 Å². The Kier molecular flexibility index (Phi) is 11.7. The minimum atomic E-state index is -4.17. The Balaban J connectivity index is 2.02. The highest BCUT2D eigenvalue weighted by molar-refractivity contribution is 7.92. The largest absolute Gasteiger partial charge is 0.354 e. The van der Waals surface area contributed by atoms with Crippen LogP contribution < -0.4 is 9.62 Å². The predicted octanol–water partition coefficient (Wildman–Crippen LogP) is 6.57. The third-order valence-electron chi connectivity index (χ3n) is 6.28. The van der Waals surface area contributed by atoms with Crippen molar-refractivity contribution in [2.24, 2.45) is 0 Å². The summed E-state index contributed by atoms with van der Waals surface area (Å²) >= 11 is 18.3. The van der Waals surface area contributed by atoms with E-state index in [0.29, 0.717) is 39.3 Å². The number of anilines is 1. The summed E-state index contributed by atoms with van der Waals surface area (Å²) in [4.78, 5) is 28.6. The maximum absolute atomic E-state index is 14.0. The fourth-order valence-corrected chi connectivity index (χ4v) is 5.98. The van der Waals surface area contributed by atoms with Gasteiger partial charge < -0.3 is 10.2 Å². The van der Waals surface area contributed by atoms with Crippen LogP contribution in [-0.4, -0.2) is 44.3 Å². The highest BCUT2D eigenvalue weighted by atomic mass is 35.5. The summed E-state index contributed by atoms with van der Waals surface area (Å²) in [5, 5.41) is 3.95. The van der Waals surface area contributed by atoms with Gasteiger partial charge in [0, 0.05) is 18.1 Å².